The van der Waals surface area contributed by atoms with Crippen molar-refractivity contribution >= 4 is 41.1 Å². The largest absolute Gasteiger partial charge is 0.347 e. The predicted molar refractivity (Wildman–Crippen MR) is 195 cm³/mol. The summed E-state index contributed by atoms with van der Waals surface area (Å²) in [7, 11) is 0. The number of allylic oxidation sites excluding steroid dienone is 2. The van der Waals surface area contributed by atoms with Crippen molar-refractivity contribution in [3.8, 4) is 0 Å². The Morgan fingerprint density at radius 2 is 1.64 bits per heavy atom. The van der Waals surface area contributed by atoms with Gasteiger partial charge >= 0.3 is 0 Å². The van der Waals surface area contributed by atoms with Gasteiger partial charge in [0.05, 0.1) is 12.2 Å². The molecular formula is C39H55N7O7. The van der Waals surface area contributed by atoms with E-state index in [9.17, 15) is 33.6 Å². The Labute approximate surface area is 311 Å². The monoisotopic (exact) mass is 733 g/mol. The third-order valence-electron chi connectivity index (χ3n) is 11.4. The van der Waals surface area contributed by atoms with Crippen molar-refractivity contribution in [3.63, 3.8) is 0 Å². The zero-order valence-electron chi connectivity index (χ0n) is 31.2. The highest BCUT2D eigenvalue weighted by Gasteiger charge is 2.51. The zero-order chi connectivity index (χ0) is 38.1. The molecule has 14 heteroatoms. The summed E-state index contributed by atoms with van der Waals surface area (Å²) in [5, 5.41) is 11.3. The molecule has 1 aromatic heterocycles. The SMILES string of the molecule is C/C=C(\C)C(=O)CC[C@H](NC(=O)[C@@H](NC(=O)c1cnccn1)C1CCCCC1)C(=O)N1C[C@@H]2CCC[C@@H]2[C@H]1C(=O)N[C@@H](CCC)C(=O)C(=O)NC1CC1. The molecule has 53 heavy (non-hydrogen) atoms. The smallest absolute Gasteiger partial charge is 0.289 e. The molecule has 1 saturated heterocycles. The second-order valence-electron chi connectivity index (χ2n) is 15.2. The first kappa shape index (κ1) is 39.7. The highest BCUT2D eigenvalue weighted by atomic mass is 16.2. The Kier molecular flexibility index (Phi) is 13.9. The number of hydrogen-bond donors (Lipinski definition) is 4. The average Bonchev–Trinajstić information content (AvgIpc) is 3.74. The van der Waals surface area contributed by atoms with E-state index < -0.39 is 59.5 Å². The fraction of sp³-hybridized carbons (Fsp3) is 0.667. The van der Waals surface area contributed by atoms with Crippen LogP contribution in [0.15, 0.2) is 30.2 Å². The van der Waals surface area contributed by atoms with Gasteiger partial charge in [-0.05, 0) is 88.5 Å². The summed E-state index contributed by atoms with van der Waals surface area (Å²) in [4.78, 5) is 105. The van der Waals surface area contributed by atoms with Crippen molar-refractivity contribution < 1.29 is 33.6 Å². The lowest BCUT2D eigenvalue weighted by molar-refractivity contribution is -0.144. The van der Waals surface area contributed by atoms with Crippen LogP contribution in [-0.4, -0.2) is 92.7 Å². The highest BCUT2D eigenvalue weighted by Crippen LogP contribution is 2.43. The second kappa shape index (κ2) is 18.5. The molecule has 5 amide bonds. The van der Waals surface area contributed by atoms with E-state index in [0.29, 0.717) is 31.4 Å². The average molecular weight is 734 g/mol. The molecule has 3 saturated carbocycles. The molecule has 0 aromatic carbocycles. The van der Waals surface area contributed by atoms with E-state index in [1.807, 2.05) is 6.92 Å². The van der Waals surface area contributed by atoms with E-state index in [1.54, 1.807) is 19.9 Å². The van der Waals surface area contributed by atoms with E-state index in [1.165, 1.54) is 23.5 Å². The number of carbonyl (C=O) groups excluding carboxylic acids is 7. The molecular weight excluding hydrogens is 678 g/mol. The zero-order valence-corrected chi connectivity index (χ0v) is 31.2. The molecule has 0 spiro atoms. The molecule has 0 radical (unpaired) electrons. The first-order chi connectivity index (χ1) is 25.5. The normalized spacial score (nSPS) is 23.3. The van der Waals surface area contributed by atoms with Crippen LogP contribution in [0.3, 0.4) is 0 Å². The molecule has 1 aliphatic heterocycles. The fourth-order valence-corrected chi connectivity index (χ4v) is 8.17. The molecule has 0 bridgehead atoms. The number of amides is 5. The minimum absolute atomic E-state index is 0.0114. The van der Waals surface area contributed by atoms with Gasteiger partial charge in [-0.1, -0.05) is 45.1 Å². The van der Waals surface area contributed by atoms with Gasteiger partial charge < -0.3 is 26.2 Å². The van der Waals surface area contributed by atoms with Gasteiger partial charge in [-0.15, -0.1) is 0 Å². The molecule has 0 unspecified atom stereocenters. The third-order valence-corrected chi connectivity index (χ3v) is 11.4. The number of aromatic nitrogens is 2. The van der Waals surface area contributed by atoms with Crippen LogP contribution in [0.25, 0.3) is 0 Å². The molecule has 4 aliphatic rings. The summed E-state index contributed by atoms with van der Waals surface area (Å²) in [6.45, 7) is 5.61. The molecule has 1 aromatic rings. The number of ketones is 2. The van der Waals surface area contributed by atoms with Crippen LogP contribution >= 0.6 is 0 Å². The Hall–Kier alpha value is -4.49. The summed E-state index contributed by atoms with van der Waals surface area (Å²) >= 11 is 0. The highest BCUT2D eigenvalue weighted by molar-refractivity contribution is 6.38. The van der Waals surface area contributed by atoms with Crippen LogP contribution < -0.4 is 21.3 Å². The topological polar surface area (TPSA) is 197 Å². The summed E-state index contributed by atoms with van der Waals surface area (Å²) in [5.41, 5.74) is 0.590. The second-order valence-corrected chi connectivity index (χ2v) is 15.2. The minimum Gasteiger partial charge on any atom is -0.347 e. The van der Waals surface area contributed by atoms with Crippen LogP contribution in [-0.2, 0) is 28.8 Å². The maximum Gasteiger partial charge on any atom is 0.289 e. The molecule has 2 heterocycles. The predicted octanol–water partition coefficient (Wildman–Crippen LogP) is 2.72. The number of Topliss-reactive ketones (excluding diaryl/α,β-unsaturated/α-hetero) is 2. The summed E-state index contributed by atoms with van der Waals surface area (Å²) in [5.74, 6) is -3.96. The van der Waals surface area contributed by atoms with Gasteiger partial charge in [-0.3, -0.25) is 38.5 Å². The quantitative estimate of drug-likeness (QED) is 0.137. The van der Waals surface area contributed by atoms with Gasteiger partial charge in [-0.2, -0.15) is 0 Å². The van der Waals surface area contributed by atoms with E-state index in [0.717, 1.165) is 51.4 Å². The molecule has 4 N–H and O–H groups in total. The summed E-state index contributed by atoms with van der Waals surface area (Å²) in [6, 6.07) is -4.09. The lowest BCUT2D eigenvalue weighted by Gasteiger charge is -2.34. The van der Waals surface area contributed by atoms with Crippen LogP contribution in [0.5, 0.6) is 0 Å². The molecule has 14 nitrogen and oxygen atoms in total. The lowest BCUT2D eigenvalue weighted by Crippen LogP contribution is -2.59. The van der Waals surface area contributed by atoms with Crippen molar-refractivity contribution in [1.29, 1.82) is 0 Å². The van der Waals surface area contributed by atoms with Crippen molar-refractivity contribution in [1.82, 2.24) is 36.1 Å². The van der Waals surface area contributed by atoms with Crippen molar-refractivity contribution in [2.45, 2.75) is 141 Å². The number of likely N-dealkylation sites (tertiary alicyclic amines) is 1. The van der Waals surface area contributed by atoms with Crippen LogP contribution in [0.1, 0.15) is 121 Å². The maximum absolute atomic E-state index is 14.7. The Balaban J connectivity index is 1.39. The van der Waals surface area contributed by atoms with Crippen molar-refractivity contribution in [3.05, 3.63) is 35.9 Å². The Bertz CT molecular complexity index is 1560. The van der Waals surface area contributed by atoms with Gasteiger partial charge in [0.15, 0.2) is 5.78 Å². The van der Waals surface area contributed by atoms with E-state index in [-0.39, 0.29) is 54.5 Å². The number of rotatable bonds is 17. The number of nitrogens with one attached hydrogen (secondary N) is 4. The molecule has 4 fully saturated rings. The van der Waals surface area contributed by atoms with Gasteiger partial charge in [0.2, 0.25) is 23.5 Å². The van der Waals surface area contributed by atoms with Crippen LogP contribution in [0.2, 0.25) is 0 Å². The van der Waals surface area contributed by atoms with E-state index >= 15 is 0 Å². The Morgan fingerprint density at radius 3 is 2.30 bits per heavy atom. The number of nitrogens with zero attached hydrogens (tertiary/aromatic N) is 3. The molecule has 5 rings (SSSR count). The Morgan fingerprint density at radius 1 is 0.887 bits per heavy atom. The number of hydrogen-bond acceptors (Lipinski definition) is 9. The van der Waals surface area contributed by atoms with Gasteiger partial charge in [-0.25, -0.2) is 4.98 Å². The lowest BCUT2D eigenvalue weighted by atomic mass is 9.83. The molecule has 6 atom stereocenters. The number of carbonyl (C=O) groups is 7. The standard InChI is InChI=1S/C39H55N7O7/c1-4-10-28(34(48)38(52)42-26-15-16-26)43-37(51)33-27-14-9-13-25(27)22-46(33)39(53)29(17-18-31(47)23(3)5-2)44-36(50)32(24-11-7-6-8-12-24)45-35(49)30-21-40-19-20-41-30/h5,19-21,24-29,32-33H,4,6-18,22H2,1-3H3,(H,42,52)(H,43,51)(H,44,50)(H,45,49)/b23-5+/t25-,27-,28-,29-,32-,33-/m0/s1. The van der Waals surface area contributed by atoms with E-state index in [2.05, 4.69) is 31.2 Å². The third kappa shape index (κ3) is 10.1. The van der Waals surface area contributed by atoms with Gasteiger partial charge in [0.1, 0.15) is 23.8 Å². The van der Waals surface area contributed by atoms with Crippen molar-refractivity contribution in [2.75, 3.05) is 6.54 Å². The molecule has 288 valence electrons. The molecule has 3 aliphatic carbocycles. The minimum atomic E-state index is -1.16. The first-order valence-corrected chi connectivity index (χ1v) is 19.5. The van der Waals surface area contributed by atoms with Gasteiger partial charge in [0.25, 0.3) is 11.8 Å². The van der Waals surface area contributed by atoms with Gasteiger partial charge in [0, 0.05) is 31.4 Å². The summed E-state index contributed by atoms with van der Waals surface area (Å²) < 4.78 is 0. The number of fused-ring (bicyclic) bond motifs is 1. The van der Waals surface area contributed by atoms with Crippen LogP contribution in [0.4, 0.5) is 0 Å². The fourth-order valence-electron chi connectivity index (χ4n) is 8.17. The van der Waals surface area contributed by atoms with Crippen molar-refractivity contribution in [2.24, 2.45) is 17.8 Å². The van der Waals surface area contributed by atoms with Crippen LogP contribution in [0, 0.1) is 17.8 Å². The van der Waals surface area contributed by atoms with E-state index in [4.69, 9.17) is 0 Å². The first-order valence-electron chi connectivity index (χ1n) is 19.5. The maximum atomic E-state index is 14.7. The summed E-state index contributed by atoms with van der Waals surface area (Å²) in [6.07, 6.45) is 15.0.